The normalized spacial score (nSPS) is 13.9. The molecule has 3 N–H and O–H groups in total. The fraction of sp³-hybridized carbons (Fsp3) is 0.644. The van der Waals surface area contributed by atoms with Crippen molar-refractivity contribution in [2.45, 2.75) is 277 Å². The van der Waals surface area contributed by atoms with Gasteiger partial charge in [0, 0.05) is 19.4 Å². The number of hydrogen-bond donors (Lipinski definition) is 2. The summed E-state index contributed by atoms with van der Waals surface area (Å²) in [6.07, 6.45) is 96.3. The Balaban J connectivity index is 4.01. The van der Waals surface area contributed by atoms with E-state index in [-0.39, 0.29) is 38.6 Å². The first kappa shape index (κ1) is 78.9. The van der Waals surface area contributed by atoms with Gasteiger partial charge in [-0.2, -0.15) is 0 Å². The van der Waals surface area contributed by atoms with Crippen LogP contribution in [0.15, 0.2) is 146 Å². The first-order valence-corrected chi connectivity index (χ1v) is 34.8. The Kier molecular flexibility index (Phi) is 63.7. The summed E-state index contributed by atoms with van der Waals surface area (Å²) in [5.41, 5.74) is 5.39. The molecule has 0 saturated heterocycles. The van der Waals surface area contributed by atoms with Gasteiger partial charge in [-0.05, 0) is 122 Å². The van der Waals surface area contributed by atoms with Crippen molar-refractivity contribution >= 4 is 19.8 Å². The number of phosphoric ester groups is 1. The van der Waals surface area contributed by atoms with Crippen LogP contribution in [0.1, 0.15) is 271 Å². The minimum atomic E-state index is -4.41. The van der Waals surface area contributed by atoms with Crippen LogP contribution in [-0.4, -0.2) is 49.3 Å². The average Bonchev–Trinajstić information content (AvgIpc) is 3.49. The zero-order valence-corrected chi connectivity index (χ0v) is 53.8. The van der Waals surface area contributed by atoms with Gasteiger partial charge in [-0.15, -0.1) is 0 Å². The summed E-state index contributed by atoms with van der Waals surface area (Å²) in [5, 5.41) is 0. The van der Waals surface area contributed by atoms with E-state index in [0.717, 1.165) is 128 Å². The molecule has 0 heterocycles. The lowest BCUT2D eigenvalue weighted by Gasteiger charge is -2.19. The molecule has 0 rings (SSSR count). The molecule has 2 unspecified atom stereocenters. The van der Waals surface area contributed by atoms with E-state index >= 15 is 0 Å². The summed E-state index contributed by atoms with van der Waals surface area (Å²) in [6.45, 7) is 3.60. The summed E-state index contributed by atoms with van der Waals surface area (Å²) in [7, 11) is -4.41. The van der Waals surface area contributed by atoms with Crippen LogP contribution in [0.25, 0.3) is 0 Å². The zero-order valence-electron chi connectivity index (χ0n) is 52.9. The number of carbonyl (C=O) groups is 2. The second-order valence-corrected chi connectivity index (χ2v) is 23.1. The number of esters is 2. The van der Waals surface area contributed by atoms with Gasteiger partial charge in [0.25, 0.3) is 0 Å². The second-order valence-electron chi connectivity index (χ2n) is 21.6. The van der Waals surface area contributed by atoms with Crippen LogP contribution < -0.4 is 5.73 Å². The largest absolute Gasteiger partial charge is 0.472 e. The van der Waals surface area contributed by atoms with Crippen LogP contribution in [0.2, 0.25) is 0 Å². The Labute approximate surface area is 509 Å². The van der Waals surface area contributed by atoms with Gasteiger partial charge in [0.15, 0.2) is 6.10 Å². The maximum absolute atomic E-state index is 12.7. The molecule has 0 aromatic heterocycles. The molecular weight excluding hydrogens is 1050 g/mol. The predicted molar refractivity (Wildman–Crippen MR) is 357 cm³/mol. The summed E-state index contributed by atoms with van der Waals surface area (Å²) >= 11 is 0. The van der Waals surface area contributed by atoms with Gasteiger partial charge in [0.1, 0.15) is 6.61 Å². The van der Waals surface area contributed by atoms with Crippen LogP contribution in [-0.2, 0) is 32.7 Å². The number of phosphoric acid groups is 1. The maximum Gasteiger partial charge on any atom is 0.472 e. The third-order valence-electron chi connectivity index (χ3n) is 13.7. The van der Waals surface area contributed by atoms with E-state index in [4.69, 9.17) is 24.3 Å². The minimum absolute atomic E-state index is 0.0438. The molecule has 0 amide bonds. The third kappa shape index (κ3) is 66.9. The van der Waals surface area contributed by atoms with Crippen LogP contribution in [0, 0.1) is 0 Å². The fourth-order valence-corrected chi connectivity index (χ4v) is 9.58. The first-order chi connectivity index (χ1) is 40.8. The topological polar surface area (TPSA) is 134 Å². The highest BCUT2D eigenvalue weighted by molar-refractivity contribution is 7.47. The molecule has 0 aliphatic carbocycles. The Morgan fingerprint density at radius 2 is 0.663 bits per heavy atom. The number of hydrogen-bond acceptors (Lipinski definition) is 8. The highest BCUT2D eigenvalue weighted by Crippen LogP contribution is 2.43. The van der Waals surface area contributed by atoms with Gasteiger partial charge in [0.05, 0.1) is 13.2 Å². The molecule has 10 heteroatoms. The van der Waals surface area contributed by atoms with Crippen molar-refractivity contribution in [2.24, 2.45) is 5.73 Å². The summed E-state index contributed by atoms with van der Waals surface area (Å²) in [5.74, 6) is -0.850. The monoisotopic (exact) mass is 1170 g/mol. The quantitative estimate of drug-likeness (QED) is 0.0264. The van der Waals surface area contributed by atoms with Gasteiger partial charge in [-0.25, -0.2) is 4.57 Å². The van der Waals surface area contributed by atoms with Crippen molar-refractivity contribution in [2.75, 3.05) is 26.4 Å². The van der Waals surface area contributed by atoms with Gasteiger partial charge >= 0.3 is 19.8 Å². The molecule has 472 valence electrons. The molecule has 0 aromatic rings. The standard InChI is InChI=1S/C73H122NO8P/c1-3-5-7-9-11-13-15-17-19-21-23-25-27-29-30-31-32-33-34-35-36-37-38-39-40-42-44-46-48-50-52-54-56-58-60-62-64-66-73(76)82-71(70-81-83(77,78)80-68-67-74)69-79-72(75)65-63-61-59-57-55-53-51-49-47-45-43-41-28-26-24-22-20-18-16-14-12-10-8-6-4-2/h5,7,11,13,16-19,22-25,29-30,32-33,35-36,38-39,42,44,48,50,71H,3-4,6,8-10,12,14-15,20-21,26-28,31,34,37,40-41,43,45-47,49,51-70,74H2,1-2H3,(H,77,78)/b7-5-,13-11-,18-16-,19-17-,24-22-,25-23-,30-29-,33-32-,36-35-,39-38-,44-42-,50-48-. The Bertz CT molecular complexity index is 1870. The molecule has 0 aliphatic heterocycles. The minimum Gasteiger partial charge on any atom is -0.462 e. The van der Waals surface area contributed by atoms with E-state index in [2.05, 4.69) is 160 Å². The van der Waals surface area contributed by atoms with Gasteiger partial charge in [-0.3, -0.25) is 18.6 Å². The Morgan fingerprint density at radius 3 is 0.988 bits per heavy atom. The molecular formula is C73H122NO8P. The Hall–Kier alpha value is -4.11. The van der Waals surface area contributed by atoms with E-state index in [1.165, 1.54) is 109 Å². The number of nitrogens with two attached hydrogens (primary N) is 1. The molecule has 0 bridgehead atoms. The van der Waals surface area contributed by atoms with E-state index in [9.17, 15) is 19.0 Å². The smallest absolute Gasteiger partial charge is 0.462 e. The van der Waals surface area contributed by atoms with E-state index in [1.54, 1.807) is 0 Å². The van der Waals surface area contributed by atoms with Crippen molar-refractivity contribution in [3.05, 3.63) is 146 Å². The van der Waals surface area contributed by atoms with Crippen molar-refractivity contribution in [1.29, 1.82) is 0 Å². The molecule has 0 spiro atoms. The van der Waals surface area contributed by atoms with Crippen LogP contribution in [0.5, 0.6) is 0 Å². The van der Waals surface area contributed by atoms with Crippen LogP contribution >= 0.6 is 7.82 Å². The number of rotatable bonds is 61. The first-order valence-electron chi connectivity index (χ1n) is 33.3. The third-order valence-corrected chi connectivity index (χ3v) is 14.7. The van der Waals surface area contributed by atoms with E-state index in [0.29, 0.717) is 6.42 Å². The molecule has 83 heavy (non-hydrogen) atoms. The predicted octanol–water partition coefficient (Wildman–Crippen LogP) is 21.9. The lowest BCUT2D eigenvalue weighted by molar-refractivity contribution is -0.161. The summed E-state index contributed by atoms with van der Waals surface area (Å²) < 4.78 is 33.1. The molecule has 0 fully saturated rings. The highest BCUT2D eigenvalue weighted by Gasteiger charge is 2.26. The van der Waals surface area contributed by atoms with Crippen LogP contribution in [0.4, 0.5) is 0 Å². The van der Waals surface area contributed by atoms with E-state index < -0.39 is 26.5 Å². The van der Waals surface area contributed by atoms with Crippen molar-refractivity contribution in [3.8, 4) is 0 Å². The fourth-order valence-electron chi connectivity index (χ4n) is 8.81. The molecule has 0 aliphatic rings. The van der Waals surface area contributed by atoms with Crippen molar-refractivity contribution in [3.63, 3.8) is 0 Å². The van der Waals surface area contributed by atoms with E-state index in [1.807, 2.05) is 0 Å². The van der Waals surface area contributed by atoms with Gasteiger partial charge < -0.3 is 20.1 Å². The molecule has 9 nitrogen and oxygen atoms in total. The highest BCUT2D eigenvalue weighted by atomic mass is 31.2. The lowest BCUT2D eigenvalue weighted by atomic mass is 10.0. The van der Waals surface area contributed by atoms with Gasteiger partial charge in [0.2, 0.25) is 0 Å². The number of ether oxygens (including phenoxy) is 2. The average molecular weight is 1170 g/mol. The summed E-state index contributed by atoms with van der Waals surface area (Å²) in [4.78, 5) is 35.3. The number of carbonyl (C=O) groups excluding carboxylic acids is 2. The molecule has 0 saturated carbocycles. The Morgan fingerprint density at radius 1 is 0.373 bits per heavy atom. The number of allylic oxidation sites excluding steroid dienone is 24. The SMILES string of the molecule is CC/C=C\C/C=C\C/C=C\C/C=C\C/C=C\C/C=C\C/C=C\C/C=C\C/C=C\C/C=C\CCCCCCCCC(=O)OC(COC(=O)CCCCCCCCCCCCCCC/C=C\C/C=C\CCCCCCC)COP(=O)(O)OCCN. The second kappa shape index (κ2) is 67.0. The molecule has 0 aromatic carbocycles. The lowest BCUT2D eigenvalue weighted by Crippen LogP contribution is -2.29. The van der Waals surface area contributed by atoms with Gasteiger partial charge in [-0.1, -0.05) is 282 Å². The molecule has 0 radical (unpaired) electrons. The summed E-state index contributed by atoms with van der Waals surface area (Å²) in [6, 6.07) is 0. The van der Waals surface area contributed by atoms with Crippen molar-refractivity contribution in [1.82, 2.24) is 0 Å². The van der Waals surface area contributed by atoms with Crippen molar-refractivity contribution < 1.29 is 37.6 Å². The number of unbranched alkanes of at least 4 members (excludes halogenated alkanes) is 24. The van der Waals surface area contributed by atoms with Crippen LogP contribution in [0.3, 0.4) is 0 Å². The molecule has 2 atom stereocenters. The zero-order chi connectivity index (χ0) is 60.1. The maximum atomic E-state index is 12.7.